The number of hydrogen-bond acceptors (Lipinski definition) is 7. The van der Waals surface area contributed by atoms with Crippen LogP contribution in [0.2, 0.25) is 0 Å². The number of ether oxygens (including phenoxy) is 3. The molecule has 1 aliphatic rings. The summed E-state index contributed by atoms with van der Waals surface area (Å²) in [6, 6.07) is 8.87. The van der Waals surface area contributed by atoms with Crippen molar-refractivity contribution >= 4 is 34.9 Å². The van der Waals surface area contributed by atoms with Crippen molar-refractivity contribution in [2.75, 3.05) is 34.4 Å². The Kier molecular flexibility index (Phi) is 7.37. The number of carbonyl (C=O) groups excluding carboxylic acids is 3. The summed E-state index contributed by atoms with van der Waals surface area (Å²) in [7, 11) is 4.44. The topological polar surface area (TPSA) is 94.2 Å². The van der Waals surface area contributed by atoms with E-state index in [-0.39, 0.29) is 23.6 Å². The highest BCUT2D eigenvalue weighted by Gasteiger charge is 2.34. The monoisotopic (exact) mass is 460 g/mol. The molecule has 8 nitrogen and oxygen atoms in total. The summed E-state index contributed by atoms with van der Waals surface area (Å²) in [5, 5.41) is 2.05. The van der Waals surface area contributed by atoms with Crippen molar-refractivity contribution in [1.29, 1.82) is 0 Å². The summed E-state index contributed by atoms with van der Waals surface area (Å²) in [6.45, 7) is -0.0554. The van der Waals surface area contributed by atoms with E-state index >= 15 is 0 Å². The van der Waals surface area contributed by atoms with Crippen LogP contribution in [0.5, 0.6) is 17.2 Å². The predicted octanol–water partition coefficient (Wildman–Crippen LogP) is 3.32. The first-order valence-electron chi connectivity index (χ1n) is 9.47. The van der Waals surface area contributed by atoms with Crippen LogP contribution in [0.4, 0.5) is 9.18 Å². The fourth-order valence-corrected chi connectivity index (χ4v) is 3.92. The van der Waals surface area contributed by atoms with Gasteiger partial charge in [0.25, 0.3) is 17.1 Å². The van der Waals surface area contributed by atoms with Crippen LogP contribution in [-0.4, -0.2) is 56.4 Å². The molecule has 0 saturated carbocycles. The fourth-order valence-electron chi connectivity index (χ4n) is 3.05. The smallest absolute Gasteiger partial charge is 0.293 e. The lowest BCUT2D eigenvalue weighted by molar-refractivity contribution is -0.122. The van der Waals surface area contributed by atoms with Crippen LogP contribution in [0.25, 0.3) is 6.08 Å². The minimum absolute atomic E-state index is 0.0112. The fraction of sp³-hybridized carbons (Fsp3) is 0.227. The number of halogens is 1. The van der Waals surface area contributed by atoms with Crippen LogP contribution in [0.3, 0.4) is 0 Å². The standard InChI is InChI=1S/C22H21FN2O6S/c1-29-16-10-13(11-17(30-2)19(16)31-3)12-18-21(27)25(22(28)32-18)9-8-24-20(26)14-6-4-5-7-15(14)23/h4-7,10-12H,8-9H2,1-3H3,(H,24,26)/b18-12+. The van der Waals surface area contributed by atoms with Crippen molar-refractivity contribution in [3.63, 3.8) is 0 Å². The summed E-state index contributed by atoms with van der Waals surface area (Å²) in [5.74, 6) is -0.534. The second-order valence-electron chi connectivity index (χ2n) is 6.53. The Morgan fingerprint density at radius 3 is 2.34 bits per heavy atom. The van der Waals surface area contributed by atoms with E-state index in [2.05, 4.69) is 5.32 Å². The minimum atomic E-state index is -0.649. The lowest BCUT2D eigenvalue weighted by atomic mass is 10.1. The molecule has 1 fully saturated rings. The van der Waals surface area contributed by atoms with Crippen LogP contribution in [0.1, 0.15) is 15.9 Å². The van der Waals surface area contributed by atoms with Crippen molar-refractivity contribution in [3.8, 4) is 17.2 Å². The second-order valence-corrected chi connectivity index (χ2v) is 7.52. The zero-order chi connectivity index (χ0) is 23.3. The van der Waals surface area contributed by atoms with E-state index in [0.717, 1.165) is 16.7 Å². The molecule has 168 valence electrons. The molecule has 1 saturated heterocycles. The Morgan fingerprint density at radius 2 is 1.75 bits per heavy atom. The number of nitrogens with zero attached hydrogens (tertiary/aromatic N) is 1. The lowest BCUT2D eigenvalue weighted by Crippen LogP contribution is -2.37. The number of amides is 3. The maximum absolute atomic E-state index is 13.7. The molecule has 2 aromatic rings. The first-order valence-corrected chi connectivity index (χ1v) is 10.3. The average Bonchev–Trinajstić information content (AvgIpc) is 3.05. The van der Waals surface area contributed by atoms with Gasteiger partial charge in [-0.3, -0.25) is 19.3 Å². The summed E-state index contributed by atoms with van der Waals surface area (Å²) in [6.07, 6.45) is 1.55. The number of benzene rings is 2. The van der Waals surface area contributed by atoms with Gasteiger partial charge in [-0.25, -0.2) is 4.39 Å². The molecule has 3 amide bonds. The molecule has 3 rings (SSSR count). The van der Waals surface area contributed by atoms with Crippen molar-refractivity contribution in [2.45, 2.75) is 0 Å². The highest BCUT2D eigenvalue weighted by atomic mass is 32.2. The molecule has 0 spiro atoms. The van der Waals surface area contributed by atoms with Crippen molar-refractivity contribution < 1.29 is 33.0 Å². The van der Waals surface area contributed by atoms with Crippen LogP contribution < -0.4 is 19.5 Å². The summed E-state index contributed by atoms with van der Waals surface area (Å²) in [4.78, 5) is 38.4. The molecule has 0 radical (unpaired) electrons. The number of thioether (sulfide) groups is 1. The summed E-state index contributed by atoms with van der Waals surface area (Å²) in [5.41, 5.74) is 0.474. The maximum Gasteiger partial charge on any atom is 0.293 e. The molecule has 0 atom stereocenters. The largest absolute Gasteiger partial charge is 0.493 e. The van der Waals surface area contributed by atoms with Gasteiger partial charge in [0, 0.05) is 13.1 Å². The molecule has 10 heteroatoms. The Balaban J connectivity index is 1.70. The van der Waals surface area contributed by atoms with Gasteiger partial charge < -0.3 is 19.5 Å². The average molecular weight is 460 g/mol. The first-order chi connectivity index (χ1) is 15.4. The van der Waals surface area contributed by atoms with E-state index < -0.39 is 22.9 Å². The molecular formula is C22H21FN2O6S. The van der Waals surface area contributed by atoms with Crippen LogP contribution >= 0.6 is 11.8 Å². The van der Waals surface area contributed by atoms with E-state index in [1.54, 1.807) is 24.3 Å². The van der Waals surface area contributed by atoms with Gasteiger partial charge in [-0.15, -0.1) is 0 Å². The van der Waals surface area contributed by atoms with Gasteiger partial charge >= 0.3 is 0 Å². The van der Waals surface area contributed by atoms with Crippen molar-refractivity contribution in [2.24, 2.45) is 0 Å². The third kappa shape index (κ3) is 4.86. The highest BCUT2D eigenvalue weighted by molar-refractivity contribution is 8.18. The zero-order valence-electron chi connectivity index (χ0n) is 17.6. The number of methoxy groups -OCH3 is 3. The maximum atomic E-state index is 13.7. The molecule has 2 aromatic carbocycles. The van der Waals surface area contributed by atoms with E-state index in [9.17, 15) is 18.8 Å². The number of imide groups is 1. The third-order valence-corrected chi connectivity index (χ3v) is 5.51. The van der Waals surface area contributed by atoms with E-state index in [1.165, 1.54) is 39.5 Å². The second kappa shape index (κ2) is 10.2. The molecular weight excluding hydrogens is 439 g/mol. The van der Waals surface area contributed by atoms with Crippen molar-refractivity contribution in [3.05, 3.63) is 58.2 Å². The van der Waals surface area contributed by atoms with Gasteiger partial charge in [-0.1, -0.05) is 12.1 Å². The molecule has 0 aromatic heterocycles. The molecule has 0 unspecified atom stereocenters. The number of rotatable bonds is 8. The Labute approximate surface area is 188 Å². The molecule has 1 N–H and O–H groups in total. The van der Waals surface area contributed by atoms with Crippen molar-refractivity contribution in [1.82, 2.24) is 10.2 Å². The molecule has 1 heterocycles. The minimum Gasteiger partial charge on any atom is -0.493 e. The van der Waals surface area contributed by atoms with E-state index in [0.29, 0.717) is 22.8 Å². The number of carbonyl (C=O) groups is 3. The summed E-state index contributed by atoms with van der Waals surface area (Å²) >= 11 is 0.784. The Morgan fingerprint density at radius 1 is 1.09 bits per heavy atom. The predicted molar refractivity (Wildman–Crippen MR) is 118 cm³/mol. The Hall–Kier alpha value is -3.53. The van der Waals surface area contributed by atoms with E-state index in [4.69, 9.17) is 14.2 Å². The molecule has 0 aliphatic carbocycles. The third-order valence-electron chi connectivity index (χ3n) is 4.60. The molecule has 1 aliphatic heterocycles. The summed E-state index contributed by atoms with van der Waals surface area (Å²) < 4.78 is 29.6. The first kappa shape index (κ1) is 23.1. The quantitative estimate of drug-likeness (QED) is 0.604. The number of nitrogens with one attached hydrogen (secondary N) is 1. The molecule has 0 bridgehead atoms. The van der Waals surface area contributed by atoms with Crippen LogP contribution in [0.15, 0.2) is 41.3 Å². The number of hydrogen-bond donors (Lipinski definition) is 1. The van der Waals surface area contributed by atoms with Crippen LogP contribution in [-0.2, 0) is 4.79 Å². The van der Waals surface area contributed by atoms with Gasteiger partial charge in [0.1, 0.15) is 5.82 Å². The Bertz CT molecular complexity index is 1060. The molecule has 32 heavy (non-hydrogen) atoms. The van der Waals surface area contributed by atoms with Crippen LogP contribution in [0, 0.1) is 5.82 Å². The van der Waals surface area contributed by atoms with Gasteiger partial charge in [-0.05, 0) is 47.7 Å². The SMILES string of the molecule is COc1cc(/C=C2/SC(=O)N(CCNC(=O)c3ccccc3F)C2=O)cc(OC)c1OC. The van der Waals surface area contributed by atoms with Gasteiger partial charge in [0.2, 0.25) is 5.75 Å². The van der Waals surface area contributed by atoms with E-state index in [1.807, 2.05) is 0 Å². The van der Waals surface area contributed by atoms with Gasteiger partial charge in [0.15, 0.2) is 11.5 Å². The van der Waals surface area contributed by atoms with Gasteiger partial charge in [-0.2, -0.15) is 0 Å². The normalized spacial score (nSPS) is 14.6. The van der Waals surface area contributed by atoms with Gasteiger partial charge in [0.05, 0.1) is 31.8 Å². The lowest BCUT2D eigenvalue weighted by Gasteiger charge is -2.13. The zero-order valence-corrected chi connectivity index (χ0v) is 18.5. The highest BCUT2D eigenvalue weighted by Crippen LogP contribution is 2.40.